The molecule has 5 atom stereocenters. The van der Waals surface area contributed by atoms with Gasteiger partial charge >= 0.3 is 5.97 Å². The molecule has 4 aliphatic carbocycles. The molecule has 5 nitrogen and oxygen atoms in total. The van der Waals surface area contributed by atoms with Crippen LogP contribution in [-0.2, 0) is 9.53 Å². The molecule has 0 amide bonds. The van der Waals surface area contributed by atoms with E-state index in [2.05, 4.69) is 6.92 Å². The Balaban J connectivity index is 1.65. The van der Waals surface area contributed by atoms with Gasteiger partial charge in [-0.25, -0.2) is 4.79 Å². The molecule has 0 aromatic heterocycles. The first kappa shape index (κ1) is 21.6. The maximum Gasteiger partial charge on any atom is 0.335 e. The zero-order chi connectivity index (χ0) is 22.7. The molecule has 1 aromatic rings. The van der Waals surface area contributed by atoms with Gasteiger partial charge in [-0.05, 0) is 85.3 Å². The lowest BCUT2D eigenvalue weighted by Gasteiger charge is -2.54. The molecule has 170 valence electrons. The van der Waals surface area contributed by atoms with E-state index in [0.717, 1.165) is 44.1 Å². The van der Waals surface area contributed by atoms with Crippen molar-refractivity contribution in [2.75, 3.05) is 13.7 Å². The highest BCUT2D eigenvalue weighted by molar-refractivity contribution is 5.93. The predicted octanol–water partition coefficient (Wildman–Crippen LogP) is 4.66. The van der Waals surface area contributed by atoms with Crippen LogP contribution in [0.5, 0.6) is 0 Å². The molecule has 0 spiro atoms. The van der Waals surface area contributed by atoms with Crippen LogP contribution < -0.4 is 0 Å². The monoisotopic (exact) mass is 436 g/mol. The van der Waals surface area contributed by atoms with Crippen LogP contribution in [0.1, 0.15) is 73.7 Å². The number of hydrogen-bond acceptors (Lipinski definition) is 4. The summed E-state index contributed by atoms with van der Waals surface area (Å²) in [6, 6.07) is 7.26. The number of aromatic carboxylic acids is 1. The van der Waals surface area contributed by atoms with Gasteiger partial charge in [-0.15, -0.1) is 0 Å². The van der Waals surface area contributed by atoms with Gasteiger partial charge in [0.2, 0.25) is 0 Å². The Bertz CT molecular complexity index is 1020. The lowest BCUT2D eigenvalue weighted by Crippen LogP contribution is -2.53. The molecule has 0 heterocycles. The van der Waals surface area contributed by atoms with E-state index >= 15 is 0 Å². The van der Waals surface area contributed by atoms with Crippen molar-refractivity contribution in [1.82, 2.24) is 0 Å². The van der Waals surface area contributed by atoms with Crippen LogP contribution in [0.25, 0.3) is 0 Å². The molecule has 32 heavy (non-hydrogen) atoms. The van der Waals surface area contributed by atoms with Crippen molar-refractivity contribution in [2.45, 2.75) is 63.4 Å². The van der Waals surface area contributed by atoms with Gasteiger partial charge in [0.05, 0.1) is 17.8 Å². The molecule has 2 N–H and O–H groups in total. The fourth-order valence-corrected chi connectivity index (χ4v) is 7.39. The topological polar surface area (TPSA) is 83.8 Å². The number of ketones is 1. The SMILES string of the molecule is COC[C@]1(O)CCC2C3CCC4=CC(=O)CCC4=C3[C@@H](c3ccc(C(=O)O)cc3)C[C@@]21C. The van der Waals surface area contributed by atoms with Crippen LogP contribution in [0.4, 0.5) is 0 Å². The average molecular weight is 437 g/mol. The van der Waals surface area contributed by atoms with Crippen molar-refractivity contribution in [1.29, 1.82) is 0 Å². The van der Waals surface area contributed by atoms with Gasteiger partial charge in [0.25, 0.3) is 0 Å². The second-order valence-electron chi connectivity index (χ2n) is 10.4. The summed E-state index contributed by atoms with van der Waals surface area (Å²) in [4.78, 5) is 23.5. The lowest BCUT2D eigenvalue weighted by molar-refractivity contribution is -0.128. The number of aliphatic hydroxyl groups is 1. The number of rotatable bonds is 4. The lowest BCUT2D eigenvalue weighted by atomic mass is 9.51. The molecular formula is C27H32O5. The summed E-state index contributed by atoms with van der Waals surface area (Å²) in [5, 5.41) is 21.1. The normalized spacial score (nSPS) is 36.3. The zero-order valence-corrected chi connectivity index (χ0v) is 18.9. The molecule has 0 saturated heterocycles. The van der Waals surface area contributed by atoms with Crippen LogP contribution in [0.15, 0.2) is 47.1 Å². The number of carbonyl (C=O) groups is 2. The van der Waals surface area contributed by atoms with E-state index in [9.17, 15) is 19.8 Å². The summed E-state index contributed by atoms with van der Waals surface area (Å²) in [6.45, 7) is 2.57. The Morgan fingerprint density at radius 3 is 2.59 bits per heavy atom. The highest BCUT2D eigenvalue weighted by Gasteiger charge is 2.62. The molecule has 4 aliphatic rings. The number of allylic oxidation sites excluding steroid dienone is 4. The summed E-state index contributed by atoms with van der Waals surface area (Å²) in [6.07, 6.45) is 7.69. The second kappa shape index (κ2) is 7.67. The summed E-state index contributed by atoms with van der Waals surface area (Å²) < 4.78 is 5.49. The van der Waals surface area contributed by atoms with E-state index in [-0.39, 0.29) is 22.7 Å². The molecule has 5 rings (SSSR count). The van der Waals surface area contributed by atoms with Crippen molar-refractivity contribution in [3.8, 4) is 0 Å². The number of carboxylic acid groups (broad SMARTS) is 1. The highest BCUT2D eigenvalue weighted by Crippen LogP contribution is 2.66. The van der Waals surface area contributed by atoms with Gasteiger partial charge in [0.1, 0.15) is 0 Å². The van der Waals surface area contributed by atoms with Crippen LogP contribution in [0.3, 0.4) is 0 Å². The molecule has 5 heteroatoms. The van der Waals surface area contributed by atoms with Gasteiger partial charge in [-0.2, -0.15) is 0 Å². The maximum absolute atomic E-state index is 12.1. The maximum atomic E-state index is 12.1. The smallest absolute Gasteiger partial charge is 0.335 e. The number of benzene rings is 1. The van der Waals surface area contributed by atoms with Crippen LogP contribution in [0.2, 0.25) is 0 Å². The number of carbonyl (C=O) groups excluding carboxylic acids is 1. The third-order valence-electron chi connectivity index (χ3n) is 9.00. The number of ether oxygens (including phenoxy) is 1. The Morgan fingerprint density at radius 1 is 1.16 bits per heavy atom. The molecule has 1 aromatic carbocycles. The van der Waals surface area contributed by atoms with Crippen molar-refractivity contribution in [2.24, 2.45) is 17.3 Å². The largest absolute Gasteiger partial charge is 0.478 e. The fraction of sp³-hybridized carbons (Fsp3) is 0.556. The molecule has 0 radical (unpaired) electrons. The minimum absolute atomic E-state index is 0.109. The number of fused-ring (bicyclic) bond motifs is 4. The fourth-order valence-electron chi connectivity index (χ4n) is 7.39. The number of hydrogen-bond donors (Lipinski definition) is 2. The predicted molar refractivity (Wildman–Crippen MR) is 120 cm³/mol. The van der Waals surface area contributed by atoms with Crippen molar-refractivity contribution >= 4 is 11.8 Å². The van der Waals surface area contributed by atoms with Gasteiger partial charge in [0, 0.05) is 24.9 Å². The van der Waals surface area contributed by atoms with E-state index in [1.54, 1.807) is 19.2 Å². The van der Waals surface area contributed by atoms with Crippen molar-refractivity contribution in [3.05, 3.63) is 58.2 Å². The Morgan fingerprint density at radius 2 is 1.91 bits per heavy atom. The quantitative estimate of drug-likeness (QED) is 0.717. The minimum atomic E-state index is -0.925. The van der Waals surface area contributed by atoms with E-state index in [0.29, 0.717) is 24.9 Å². The first-order valence-corrected chi connectivity index (χ1v) is 11.8. The van der Waals surface area contributed by atoms with E-state index in [1.807, 2.05) is 18.2 Å². The van der Waals surface area contributed by atoms with Gasteiger partial charge in [-0.3, -0.25) is 4.79 Å². The minimum Gasteiger partial charge on any atom is -0.478 e. The van der Waals surface area contributed by atoms with Crippen molar-refractivity contribution in [3.63, 3.8) is 0 Å². The van der Waals surface area contributed by atoms with Gasteiger partial charge in [0.15, 0.2) is 5.78 Å². The summed E-state index contributed by atoms with van der Waals surface area (Å²) in [7, 11) is 1.66. The van der Waals surface area contributed by atoms with Crippen molar-refractivity contribution < 1.29 is 24.5 Å². The van der Waals surface area contributed by atoms with E-state index in [4.69, 9.17) is 4.74 Å². The van der Waals surface area contributed by atoms with Crippen LogP contribution >= 0.6 is 0 Å². The third-order valence-corrected chi connectivity index (χ3v) is 9.00. The van der Waals surface area contributed by atoms with Gasteiger partial charge < -0.3 is 14.9 Å². The zero-order valence-electron chi connectivity index (χ0n) is 18.9. The van der Waals surface area contributed by atoms with Crippen LogP contribution in [-0.4, -0.2) is 41.3 Å². The molecule has 2 saturated carbocycles. The summed E-state index contributed by atoms with van der Waals surface area (Å²) in [5.74, 6) is 0.174. The second-order valence-corrected chi connectivity index (χ2v) is 10.4. The highest BCUT2D eigenvalue weighted by atomic mass is 16.5. The molecule has 2 unspecified atom stereocenters. The average Bonchev–Trinajstić information content (AvgIpc) is 3.03. The number of methoxy groups -OCH3 is 1. The number of carboxylic acids is 1. The molecule has 0 bridgehead atoms. The third kappa shape index (κ3) is 3.12. The Hall–Kier alpha value is -2.24. The Labute approximate surface area is 189 Å². The van der Waals surface area contributed by atoms with Crippen LogP contribution in [0, 0.1) is 17.3 Å². The summed E-state index contributed by atoms with van der Waals surface area (Å²) >= 11 is 0. The molecule has 2 fully saturated rings. The Kier molecular flexibility index (Phi) is 5.18. The first-order chi connectivity index (χ1) is 15.3. The van der Waals surface area contributed by atoms with E-state index < -0.39 is 11.6 Å². The van der Waals surface area contributed by atoms with Gasteiger partial charge in [-0.1, -0.05) is 24.6 Å². The summed E-state index contributed by atoms with van der Waals surface area (Å²) in [5.41, 5.74) is 4.26. The standard InChI is InChI=1S/C27H32O5/c1-26-14-22(16-3-5-17(6-4-16)25(29)30)24-20-10-8-19(28)13-18(20)7-9-21(24)23(26)11-12-27(26,31)15-32-2/h3-6,13,21-23,31H,7-12,14-15H2,1-2H3,(H,29,30)/t21?,22-,23?,26+,27-/m1/s1. The van der Waals surface area contributed by atoms with E-state index in [1.165, 1.54) is 16.7 Å². The molecular weight excluding hydrogens is 404 g/mol. The first-order valence-electron chi connectivity index (χ1n) is 11.8. The molecule has 0 aliphatic heterocycles.